The van der Waals surface area contributed by atoms with Crippen molar-refractivity contribution in [1.29, 1.82) is 0 Å². The molecule has 0 aliphatic carbocycles. The Morgan fingerprint density at radius 1 is 1.12 bits per heavy atom. The van der Waals surface area contributed by atoms with Gasteiger partial charge in [0.2, 0.25) is 0 Å². The lowest BCUT2D eigenvalue weighted by Gasteiger charge is -2.40. The second-order valence-electron chi connectivity index (χ2n) is 8.25. The van der Waals surface area contributed by atoms with Crippen LogP contribution in [0.1, 0.15) is 69.4 Å². The number of esters is 1. The fourth-order valence-corrected chi connectivity index (χ4v) is 4.37. The van der Waals surface area contributed by atoms with Gasteiger partial charge in [0.15, 0.2) is 0 Å². The SMILES string of the molecule is COC(=O)c1c(C(=O)N2CCN(C(=O)c3ccc(Cl)cc3Cl)C(C)C2)nc(C)nc1C(C)C. The number of hydrogen-bond acceptors (Lipinski definition) is 6. The number of hydrogen-bond donors (Lipinski definition) is 0. The molecule has 1 atom stereocenters. The molecule has 2 heterocycles. The largest absolute Gasteiger partial charge is 0.465 e. The summed E-state index contributed by atoms with van der Waals surface area (Å²) < 4.78 is 4.92. The van der Waals surface area contributed by atoms with Gasteiger partial charge in [-0.25, -0.2) is 14.8 Å². The lowest BCUT2D eigenvalue weighted by atomic mass is 10.0. The molecule has 2 aromatic rings. The molecule has 0 spiro atoms. The van der Waals surface area contributed by atoms with Crippen LogP contribution >= 0.6 is 23.2 Å². The first-order valence-corrected chi connectivity index (χ1v) is 11.3. The van der Waals surface area contributed by atoms with Gasteiger partial charge in [-0.1, -0.05) is 37.0 Å². The number of aryl methyl sites for hydroxylation is 1. The molecule has 0 radical (unpaired) electrons. The zero-order valence-corrected chi connectivity index (χ0v) is 20.7. The summed E-state index contributed by atoms with van der Waals surface area (Å²) in [7, 11) is 1.26. The molecule has 1 aromatic heterocycles. The van der Waals surface area contributed by atoms with Gasteiger partial charge in [0.1, 0.15) is 17.1 Å². The Morgan fingerprint density at radius 3 is 2.39 bits per heavy atom. The molecule has 10 heteroatoms. The number of benzene rings is 1. The predicted molar refractivity (Wildman–Crippen MR) is 125 cm³/mol. The molecule has 8 nitrogen and oxygen atoms in total. The zero-order chi connectivity index (χ0) is 24.4. The fraction of sp³-hybridized carbons (Fsp3) is 0.435. The van der Waals surface area contributed by atoms with Gasteiger partial charge in [0.25, 0.3) is 11.8 Å². The molecule has 1 aromatic carbocycles. The zero-order valence-electron chi connectivity index (χ0n) is 19.2. The summed E-state index contributed by atoms with van der Waals surface area (Å²) in [4.78, 5) is 50.9. The van der Waals surface area contributed by atoms with Crippen LogP contribution in [0.5, 0.6) is 0 Å². The first-order chi connectivity index (χ1) is 15.5. The van der Waals surface area contributed by atoms with Crippen LogP contribution in [-0.4, -0.2) is 70.3 Å². The summed E-state index contributed by atoms with van der Waals surface area (Å²) in [6, 6.07) is 4.45. The molecular formula is C23H26Cl2N4O4. The smallest absolute Gasteiger partial charge is 0.342 e. The number of ether oxygens (including phenoxy) is 1. The summed E-state index contributed by atoms with van der Waals surface area (Å²) in [6.07, 6.45) is 0. The van der Waals surface area contributed by atoms with Crippen LogP contribution in [-0.2, 0) is 4.74 Å². The van der Waals surface area contributed by atoms with Crippen LogP contribution in [0.3, 0.4) is 0 Å². The number of halogens is 2. The van der Waals surface area contributed by atoms with E-state index >= 15 is 0 Å². The van der Waals surface area contributed by atoms with Gasteiger partial charge in [-0.15, -0.1) is 0 Å². The Labute approximate surface area is 202 Å². The van der Waals surface area contributed by atoms with Gasteiger partial charge < -0.3 is 14.5 Å². The number of methoxy groups -OCH3 is 1. The minimum Gasteiger partial charge on any atom is -0.465 e. The van der Waals surface area contributed by atoms with Crippen LogP contribution in [0.15, 0.2) is 18.2 Å². The van der Waals surface area contributed by atoms with E-state index in [0.29, 0.717) is 28.6 Å². The van der Waals surface area contributed by atoms with E-state index in [2.05, 4.69) is 9.97 Å². The van der Waals surface area contributed by atoms with Crippen LogP contribution in [0, 0.1) is 6.92 Å². The Bertz CT molecular complexity index is 1110. The van der Waals surface area contributed by atoms with E-state index in [1.54, 1.807) is 28.9 Å². The van der Waals surface area contributed by atoms with Crippen molar-refractivity contribution in [3.8, 4) is 0 Å². The average molecular weight is 493 g/mol. The average Bonchev–Trinajstić information content (AvgIpc) is 2.76. The van der Waals surface area contributed by atoms with Crippen LogP contribution in [0.25, 0.3) is 0 Å². The highest BCUT2D eigenvalue weighted by Crippen LogP contribution is 2.26. The van der Waals surface area contributed by atoms with E-state index in [-0.39, 0.29) is 47.2 Å². The maximum atomic E-state index is 13.4. The maximum absolute atomic E-state index is 13.4. The molecule has 1 aliphatic rings. The lowest BCUT2D eigenvalue weighted by Crippen LogP contribution is -2.55. The van der Waals surface area contributed by atoms with Crippen molar-refractivity contribution in [2.75, 3.05) is 26.7 Å². The third-order valence-corrected chi connectivity index (χ3v) is 6.07. The molecular weight excluding hydrogens is 467 g/mol. The molecule has 33 heavy (non-hydrogen) atoms. The van der Waals surface area contributed by atoms with Crippen molar-refractivity contribution < 1.29 is 19.1 Å². The molecule has 3 rings (SSSR count). The number of carbonyl (C=O) groups is 3. The topological polar surface area (TPSA) is 92.7 Å². The van der Waals surface area contributed by atoms with Gasteiger partial charge in [-0.05, 0) is 38.0 Å². The van der Waals surface area contributed by atoms with E-state index in [4.69, 9.17) is 27.9 Å². The number of amides is 2. The summed E-state index contributed by atoms with van der Waals surface area (Å²) in [6.45, 7) is 8.16. The van der Waals surface area contributed by atoms with Crippen molar-refractivity contribution in [2.45, 2.75) is 39.7 Å². The summed E-state index contributed by atoms with van der Waals surface area (Å²) in [5.74, 6) is -0.988. The predicted octanol–water partition coefficient (Wildman–Crippen LogP) is 3.99. The van der Waals surface area contributed by atoms with Crippen molar-refractivity contribution in [1.82, 2.24) is 19.8 Å². The third-order valence-electron chi connectivity index (χ3n) is 5.52. The molecule has 1 saturated heterocycles. The molecule has 1 fully saturated rings. The first kappa shape index (κ1) is 24.9. The Balaban J connectivity index is 1.87. The number of aromatic nitrogens is 2. The van der Waals surface area contributed by atoms with Crippen LogP contribution in [0.4, 0.5) is 0 Å². The minimum absolute atomic E-state index is 0.0192. The summed E-state index contributed by atoms with van der Waals surface area (Å²) >= 11 is 12.2. The minimum atomic E-state index is -0.652. The number of carbonyl (C=O) groups excluding carboxylic acids is 3. The van der Waals surface area contributed by atoms with E-state index < -0.39 is 11.9 Å². The molecule has 1 unspecified atom stereocenters. The van der Waals surface area contributed by atoms with E-state index in [9.17, 15) is 14.4 Å². The number of piperazine rings is 1. The van der Waals surface area contributed by atoms with Crippen molar-refractivity contribution in [3.05, 3.63) is 56.6 Å². The Kier molecular flexibility index (Phi) is 7.59. The molecule has 2 amide bonds. The highest BCUT2D eigenvalue weighted by molar-refractivity contribution is 6.36. The van der Waals surface area contributed by atoms with Crippen molar-refractivity contribution >= 4 is 41.0 Å². The van der Waals surface area contributed by atoms with Gasteiger partial charge in [0.05, 0.1) is 23.4 Å². The molecule has 0 saturated carbocycles. The monoisotopic (exact) mass is 492 g/mol. The fourth-order valence-electron chi connectivity index (χ4n) is 3.88. The second kappa shape index (κ2) is 10.1. The van der Waals surface area contributed by atoms with Gasteiger partial charge in [0, 0.05) is 30.7 Å². The molecule has 176 valence electrons. The summed E-state index contributed by atoms with van der Waals surface area (Å²) in [5, 5.41) is 0.723. The quantitative estimate of drug-likeness (QED) is 0.599. The molecule has 1 aliphatic heterocycles. The van der Waals surface area contributed by atoms with Gasteiger partial charge in [-0.3, -0.25) is 9.59 Å². The van der Waals surface area contributed by atoms with Crippen LogP contribution in [0.2, 0.25) is 10.0 Å². The normalized spacial score (nSPS) is 16.2. The van der Waals surface area contributed by atoms with Gasteiger partial charge >= 0.3 is 5.97 Å². The second-order valence-corrected chi connectivity index (χ2v) is 9.09. The lowest BCUT2D eigenvalue weighted by molar-refractivity contribution is 0.0408. The molecule has 0 bridgehead atoms. The maximum Gasteiger partial charge on any atom is 0.342 e. The highest BCUT2D eigenvalue weighted by Gasteiger charge is 2.35. The van der Waals surface area contributed by atoms with Crippen molar-refractivity contribution in [2.24, 2.45) is 0 Å². The van der Waals surface area contributed by atoms with Crippen molar-refractivity contribution in [3.63, 3.8) is 0 Å². The third kappa shape index (κ3) is 5.12. The Morgan fingerprint density at radius 2 is 1.82 bits per heavy atom. The van der Waals surface area contributed by atoms with E-state index in [1.807, 2.05) is 20.8 Å². The van der Waals surface area contributed by atoms with Crippen LogP contribution < -0.4 is 0 Å². The first-order valence-electron chi connectivity index (χ1n) is 10.6. The number of nitrogens with zero attached hydrogens (tertiary/aromatic N) is 4. The van der Waals surface area contributed by atoms with E-state index in [0.717, 1.165) is 0 Å². The molecule has 0 N–H and O–H groups in total. The highest BCUT2D eigenvalue weighted by atomic mass is 35.5. The number of rotatable bonds is 4. The summed E-state index contributed by atoms with van der Waals surface area (Å²) in [5.41, 5.74) is 0.929. The Hall–Kier alpha value is -2.71. The van der Waals surface area contributed by atoms with Gasteiger partial charge in [-0.2, -0.15) is 0 Å². The standard InChI is InChI=1S/C23H26Cl2N4O4/c1-12(2)19-18(23(32)33-5)20(27-14(4)26-19)22(31)28-8-9-29(13(3)11-28)21(30)16-7-6-15(24)10-17(16)25/h6-7,10,12-13H,8-9,11H2,1-5H3. The van der Waals surface area contributed by atoms with E-state index in [1.165, 1.54) is 13.2 Å².